The molecular formula is C47H55BN2. The van der Waals surface area contributed by atoms with Gasteiger partial charge >= 0.3 is 0 Å². The third-order valence-electron chi connectivity index (χ3n) is 11.0. The van der Waals surface area contributed by atoms with Gasteiger partial charge in [0.25, 0.3) is 6.71 Å². The Bertz CT molecular complexity index is 1990. The van der Waals surface area contributed by atoms with Gasteiger partial charge in [0.1, 0.15) is 0 Å². The molecule has 0 radical (unpaired) electrons. The summed E-state index contributed by atoms with van der Waals surface area (Å²) >= 11 is 0. The molecule has 0 N–H and O–H groups in total. The summed E-state index contributed by atoms with van der Waals surface area (Å²) < 4.78 is 0. The van der Waals surface area contributed by atoms with Crippen LogP contribution < -0.4 is 26.2 Å². The molecule has 2 nitrogen and oxygen atoms in total. The molecule has 0 unspecified atom stereocenters. The number of aryl methyl sites for hydroxylation is 2. The largest absolute Gasteiger partial charge is 0.311 e. The predicted octanol–water partition coefficient (Wildman–Crippen LogP) is 11.6. The Morgan fingerprint density at radius 3 is 1.86 bits per heavy atom. The number of fused-ring (bicyclic) bond motifs is 4. The predicted molar refractivity (Wildman–Crippen MR) is 220 cm³/mol. The van der Waals surface area contributed by atoms with Crippen molar-refractivity contribution in [2.24, 2.45) is 0 Å². The highest BCUT2D eigenvalue weighted by atomic mass is 15.2. The minimum atomic E-state index is 0.0440. The number of anilines is 6. The van der Waals surface area contributed by atoms with Gasteiger partial charge in [0, 0.05) is 34.1 Å². The maximum atomic E-state index is 2.56. The van der Waals surface area contributed by atoms with Gasteiger partial charge in [0.05, 0.1) is 0 Å². The molecule has 0 saturated heterocycles. The van der Waals surface area contributed by atoms with Crippen LogP contribution in [-0.2, 0) is 17.3 Å². The Labute approximate surface area is 302 Å². The van der Waals surface area contributed by atoms with Crippen LogP contribution in [0.15, 0.2) is 103 Å². The average molecular weight is 659 g/mol. The van der Waals surface area contributed by atoms with E-state index in [-0.39, 0.29) is 17.5 Å². The third kappa shape index (κ3) is 6.41. The van der Waals surface area contributed by atoms with Gasteiger partial charge in [-0.3, -0.25) is 0 Å². The van der Waals surface area contributed by atoms with Crippen molar-refractivity contribution in [3.05, 3.63) is 125 Å². The van der Waals surface area contributed by atoms with E-state index in [1.807, 2.05) is 0 Å². The quantitative estimate of drug-likeness (QED) is 0.112. The molecule has 0 aromatic heterocycles. The molecule has 3 heteroatoms. The normalized spacial score (nSPS) is 13.6. The first-order valence-corrected chi connectivity index (χ1v) is 19.1. The average Bonchev–Trinajstić information content (AvgIpc) is 3.09. The molecule has 256 valence electrons. The molecule has 0 bridgehead atoms. The van der Waals surface area contributed by atoms with E-state index in [1.165, 1.54) is 111 Å². The van der Waals surface area contributed by atoms with E-state index in [1.54, 1.807) is 0 Å². The minimum Gasteiger partial charge on any atom is -0.311 e. The lowest BCUT2D eigenvalue weighted by Gasteiger charge is -2.44. The Kier molecular flexibility index (Phi) is 9.22. The van der Waals surface area contributed by atoms with Gasteiger partial charge in [-0.2, -0.15) is 0 Å². The lowest BCUT2D eigenvalue weighted by Crippen LogP contribution is -2.61. The number of benzene rings is 5. The topological polar surface area (TPSA) is 6.48 Å². The van der Waals surface area contributed by atoms with Crippen LogP contribution in [0.3, 0.4) is 0 Å². The summed E-state index contributed by atoms with van der Waals surface area (Å²) in [6.07, 6.45) is 9.05. The fourth-order valence-corrected chi connectivity index (χ4v) is 8.14. The van der Waals surface area contributed by atoms with Crippen molar-refractivity contribution in [2.75, 3.05) is 9.80 Å². The van der Waals surface area contributed by atoms with Crippen molar-refractivity contribution in [1.82, 2.24) is 0 Å². The van der Waals surface area contributed by atoms with Crippen LogP contribution in [0, 0.1) is 6.92 Å². The van der Waals surface area contributed by atoms with Crippen molar-refractivity contribution in [3.63, 3.8) is 0 Å². The second-order valence-corrected chi connectivity index (χ2v) is 16.9. The van der Waals surface area contributed by atoms with E-state index in [2.05, 4.69) is 168 Å². The molecule has 0 spiro atoms. The van der Waals surface area contributed by atoms with Gasteiger partial charge in [0.15, 0.2) is 0 Å². The van der Waals surface area contributed by atoms with Gasteiger partial charge < -0.3 is 9.80 Å². The van der Waals surface area contributed by atoms with Crippen molar-refractivity contribution >= 4 is 57.2 Å². The van der Waals surface area contributed by atoms with Crippen LogP contribution in [-0.4, -0.2) is 6.71 Å². The molecule has 5 aromatic carbocycles. The smallest absolute Gasteiger partial charge is 0.252 e. The summed E-state index contributed by atoms with van der Waals surface area (Å²) in [5.74, 6) is 0. The highest BCUT2D eigenvalue weighted by Gasteiger charge is 2.43. The van der Waals surface area contributed by atoms with Crippen LogP contribution >= 0.6 is 0 Å². The molecule has 0 fully saturated rings. The van der Waals surface area contributed by atoms with Crippen LogP contribution in [0.5, 0.6) is 0 Å². The number of unbranched alkanes of at least 4 members (excludes halogenated alkanes) is 5. The molecule has 2 aliphatic rings. The van der Waals surface area contributed by atoms with Gasteiger partial charge in [-0.25, -0.2) is 0 Å². The third-order valence-corrected chi connectivity index (χ3v) is 11.0. The van der Waals surface area contributed by atoms with E-state index in [4.69, 9.17) is 0 Å². The molecule has 0 atom stereocenters. The molecule has 50 heavy (non-hydrogen) atoms. The molecule has 7 rings (SSSR count). The first-order valence-electron chi connectivity index (χ1n) is 19.1. The van der Waals surface area contributed by atoms with E-state index in [9.17, 15) is 0 Å². The molecule has 5 aromatic rings. The van der Waals surface area contributed by atoms with Gasteiger partial charge in [0.2, 0.25) is 0 Å². The standard InChI is InChI=1S/C47H55BN2/c1-9-10-11-12-13-14-17-34-18-15-19-38(31-34)50-41-29-25-36(47(6,7)8)32-40(41)48-39-28-22-33(2)30-44(39)49(42-20-16-21-43(50)45(42)48)37-26-23-35(24-27-37)46(3,4)5/h15-16,18-32H,9-14,17H2,1-8H3. The Morgan fingerprint density at radius 1 is 0.520 bits per heavy atom. The SMILES string of the molecule is CCCCCCCCc1cccc(N2c3ccc(C(C)(C)C)cc3B3c4ccc(C)cc4N(c4ccc(C(C)(C)C)cc4)c4cccc2c43)c1. The first kappa shape index (κ1) is 34.2. The Morgan fingerprint density at radius 2 is 1.16 bits per heavy atom. The Balaban J connectivity index is 1.40. The summed E-state index contributed by atoms with van der Waals surface area (Å²) in [6, 6.07) is 40.0. The molecule has 0 aliphatic carbocycles. The summed E-state index contributed by atoms with van der Waals surface area (Å²) in [5, 5.41) is 0. The van der Waals surface area contributed by atoms with E-state index >= 15 is 0 Å². The van der Waals surface area contributed by atoms with Gasteiger partial charge in [-0.1, -0.05) is 135 Å². The van der Waals surface area contributed by atoms with Crippen LogP contribution in [0.1, 0.15) is 109 Å². The number of nitrogens with zero attached hydrogens (tertiary/aromatic N) is 2. The zero-order valence-corrected chi connectivity index (χ0v) is 31.7. The van der Waals surface area contributed by atoms with Crippen molar-refractivity contribution in [2.45, 2.75) is 111 Å². The molecular weight excluding hydrogens is 603 g/mol. The van der Waals surface area contributed by atoms with Gasteiger partial charge in [-0.05, 0) is 118 Å². The lowest BCUT2D eigenvalue weighted by atomic mass is 9.33. The van der Waals surface area contributed by atoms with Gasteiger partial charge in [-0.15, -0.1) is 0 Å². The lowest BCUT2D eigenvalue weighted by molar-refractivity contribution is 0.590. The Hall–Kier alpha value is -4.24. The second-order valence-electron chi connectivity index (χ2n) is 16.9. The maximum Gasteiger partial charge on any atom is 0.252 e. The number of hydrogen-bond acceptors (Lipinski definition) is 2. The maximum absolute atomic E-state index is 2.56. The van der Waals surface area contributed by atoms with Crippen molar-refractivity contribution in [3.8, 4) is 0 Å². The summed E-state index contributed by atoms with van der Waals surface area (Å²) in [6.45, 7) is 18.5. The summed E-state index contributed by atoms with van der Waals surface area (Å²) in [7, 11) is 0. The van der Waals surface area contributed by atoms with Crippen LogP contribution in [0.4, 0.5) is 34.1 Å². The van der Waals surface area contributed by atoms with E-state index < -0.39 is 0 Å². The van der Waals surface area contributed by atoms with E-state index in [0.717, 1.165) is 6.42 Å². The highest BCUT2D eigenvalue weighted by Crippen LogP contribution is 2.45. The first-order chi connectivity index (χ1) is 24.0. The highest BCUT2D eigenvalue weighted by molar-refractivity contribution is 7.00. The monoisotopic (exact) mass is 658 g/mol. The van der Waals surface area contributed by atoms with Crippen molar-refractivity contribution in [1.29, 1.82) is 0 Å². The zero-order chi connectivity index (χ0) is 35.2. The fourth-order valence-electron chi connectivity index (χ4n) is 8.14. The summed E-state index contributed by atoms with van der Waals surface area (Å²) in [5.41, 5.74) is 17.3. The number of hydrogen-bond donors (Lipinski definition) is 0. The zero-order valence-electron chi connectivity index (χ0n) is 31.7. The minimum absolute atomic E-state index is 0.0440. The van der Waals surface area contributed by atoms with Crippen LogP contribution in [0.2, 0.25) is 0 Å². The second kappa shape index (κ2) is 13.5. The fraction of sp³-hybridized carbons (Fsp3) is 0.362. The van der Waals surface area contributed by atoms with E-state index in [0.29, 0.717) is 0 Å². The van der Waals surface area contributed by atoms with Crippen molar-refractivity contribution < 1.29 is 0 Å². The summed E-state index contributed by atoms with van der Waals surface area (Å²) in [4.78, 5) is 5.08. The molecule has 0 saturated carbocycles. The molecule has 2 aliphatic heterocycles. The molecule has 0 amide bonds. The number of rotatable bonds is 9. The van der Waals surface area contributed by atoms with Crippen LogP contribution in [0.25, 0.3) is 0 Å². The molecule has 2 heterocycles.